The number of aliphatic hydroxyl groups is 1. The van der Waals surface area contributed by atoms with Crippen LogP contribution in [0.25, 0.3) is 0 Å². The minimum absolute atomic E-state index is 0.0436. The molecular weight excluding hydrogens is 304 g/mol. The predicted octanol–water partition coefficient (Wildman–Crippen LogP) is 2.94. The smallest absolute Gasteiger partial charge is 0.104 e. The molecule has 1 heterocycles. The van der Waals surface area contributed by atoms with Crippen molar-refractivity contribution in [3.05, 3.63) is 71.8 Å². The van der Waals surface area contributed by atoms with Crippen LogP contribution in [0.15, 0.2) is 60.7 Å². The van der Waals surface area contributed by atoms with E-state index < -0.39 is 6.10 Å². The van der Waals surface area contributed by atoms with Gasteiger partial charge in [0.05, 0.1) is 38.6 Å². The second-order valence-corrected chi connectivity index (χ2v) is 6.09. The van der Waals surface area contributed by atoms with Crippen LogP contribution in [0.5, 0.6) is 0 Å². The van der Waals surface area contributed by atoms with Crippen LogP contribution in [0.2, 0.25) is 0 Å². The third kappa shape index (κ3) is 5.14. The monoisotopic (exact) mass is 328 g/mol. The molecule has 1 aliphatic heterocycles. The number of hydrogen-bond acceptors (Lipinski definition) is 4. The molecule has 0 aromatic heterocycles. The van der Waals surface area contributed by atoms with Crippen LogP contribution in [-0.4, -0.2) is 36.6 Å². The van der Waals surface area contributed by atoms with Gasteiger partial charge in [-0.05, 0) is 11.1 Å². The van der Waals surface area contributed by atoms with E-state index >= 15 is 0 Å². The Hall–Kier alpha value is -1.72. The van der Waals surface area contributed by atoms with E-state index in [4.69, 9.17) is 14.2 Å². The lowest BCUT2D eigenvalue weighted by atomic mass is 10.0. The van der Waals surface area contributed by atoms with E-state index in [2.05, 4.69) is 0 Å². The van der Waals surface area contributed by atoms with Crippen LogP contribution >= 0.6 is 0 Å². The van der Waals surface area contributed by atoms with Crippen molar-refractivity contribution in [3.8, 4) is 0 Å². The second kappa shape index (κ2) is 8.94. The molecule has 3 unspecified atom stereocenters. The minimum Gasteiger partial charge on any atom is -0.388 e. The first-order chi connectivity index (χ1) is 11.8. The van der Waals surface area contributed by atoms with E-state index in [1.165, 1.54) is 0 Å². The van der Waals surface area contributed by atoms with Crippen molar-refractivity contribution in [2.75, 3.05) is 13.2 Å². The number of aliphatic hydroxyl groups excluding tert-OH is 1. The van der Waals surface area contributed by atoms with Crippen molar-refractivity contribution in [1.82, 2.24) is 0 Å². The Morgan fingerprint density at radius 3 is 2.21 bits per heavy atom. The Bertz CT molecular complexity index is 587. The molecule has 3 atom stereocenters. The highest BCUT2D eigenvalue weighted by molar-refractivity contribution is 5.14. The molecule has 2 aromatic rings. The molecule has 0 amide bonds. The molecule has 1 saturated heterocycles. The van der Waals surface area contributed by atoms with Gasteiger partial charge >= 0.3 is 0 Å². The van der Waals surface area contributed by atoms with E-state index in [0.29, 0.717) is 32.8 Å². The highest BCUT2D eigenvalue weighted by atomic mass is 16.6. The maximum absolute atomic E-state index is 10.1. The van der Waals surface area contributed by atoms with E-state index in [-0.39, 0.29) is 12.2 Å². The summed E-state index contributed by atoms with van der Waals surface area (Å²) in [5.74, 6) is 0. The summed E-state index contributed by atoms with van der Waals surface area (Å²) >= 11 is 0. The van der Waals surface area contributed by atoms with E-state index in [1.54, 1.807) is 0 Å². The zero-order chi connectivity index (χ0) is 16.6. The number of hydrogen-bond donors (Lipinski definition) is 1. The SMILES string of the molecule is OC1COC(COCc2ccccc2)CC1OCc1ccccc1. The van der Waals surface area contributed by atoms with E-state index in [9.17, 15) is 5.11 Å². The quantitative estimate of drug-likeness (QED) is 0.849. The van der Waals surface area contributed by atoms with Crippen molar-refractivity contribution in [1.29, 1.82) is 0 Å². The van der Waals surface area contributed by atoms with Crippen LogP contribution < -0.4 is 0 Å². The molecule has 0 saturated carbocycles. The summed E-state index contributed by atoms with van der Waals surface area (Å²) in [5.41, 5.74) is 2.25. The fourth-order valence-electron chi connectivity index (χ4n) is 2.78. The molecule has 1 N–H and O–H groups in total. The third-order valence-corrected chi connectivity index (χ3v) is 4.15. The van der Waals surface area contributed by atoms with Crippen molar-refractivity contribution >= 4 is 0 Å². The van der Waals surface area contributed by atoms with Crippen molar-refractivity contribution in [2.45, 2.75) is 37.9 Å². The highest BCUT2D eigenvalue weighted by Gasteiger charge is 2.30. The molecule has 0 spiro atoms. The summed E-state index contributed by atoms with van der Waals surface area (Å²) in [6.07, 6.45) is -0.204. The van der Waals surface area contributed by atoms with Gasteiger partial charge in [0, 0.05) is 6.42 Å². The number of ether oxygens (including phenoxy) is 3. The molecule has 0 radical (unpaired) electrons. The lowest BCUT2D eigenvalue weighted by Crippen LogP contribution is -2.44. The first-order valence-corrected chi connectivity index (χ1v) is 8.38. The fraction of sp³-hybridized carbons (Fsp3) is 0.400. The number of rotatable bonds is 7. The Morgan fingerprint density at radius 1 is 0.917 bits per heavy atom. The first-order valence-electron chi connectivity index (χ1n) is 8.38. The van der Waals surface area contributed by atoms with Gasteiger partial charge < -0.3 is 19.3 Å². The molecule has 0 bridgehead atoms. The topological polar surface area (TPSA) is 47.9 Å². The van der Waals surface area contributed by atoms with Gasteiger partial charge in [-0.2, -0.15) is 0 Å². The van der Waals surface area contributed by atoms with Gasteiger partial charge in [0.25, 0.3) is 0 Å². The standard InChI is InChI=1S/C20H24O4/c21-19-15-23-18(14-22-12-16-7-3-1-4-8-16)11-20(19)24-13-17-9-5-2-6-10-17/h1-10,18-21H,11-15H2. The summed E-state index contributed by atoms with van der Waals surface area (Å²) in [4.78, 5) is 0. The van der Waals surface area contributed by atoms with Gasteiger partial charge in [-0.15, -0.1) is 0 Å². The Balaban J connectivity index is 1.43. The molecule has 0 aliphatic carbocycles. The molecule has 24 heavy (non-hydrogen) atoms. The molecular formula is C20H24O4. The molecule has 2 aromatic carbocycles. The van der Waals surface area contributed by atoms with E-state index in [1.807, 2.05) is 60.7 Å². The summed E-state index contributed by atoms with van der Waals surface area (Å²) in [6.45, 7) is 1.87. The maximum Gasteiger partial charge on any atom is 0.104 e. The average molecular weight is 328 g/mol. The predicted molar refractivity (Wildman–Crippen MR) is 91.5 cm³/mol. The van der Waals surface area contributed by atoms with Gasteiger partial charge in [-0.3, -0.25) is 0 Å². The fourth-order valence-corrected chi connectivity index (χ4v) is 2.78. The molecule has 128 valence electrons. The maximum atomic E-state index is 10.1. The second-order valence-electron chi connectivity index (χ2n) is 6.09. The number of benzene rings is 2. The van der Waals surface area contributed by atoms with Crippen LogP contribution in [-0.2, 0) is 27.4 Å². The molecule has 1 aliphatic rings. The van der Waals surface area contributed by atoms with Crippen molar-refractivity contribution in [2.24, 2.45) is 0 Å². The molecule has 3 rings (SSSR count). The zero-order valence-electron chi connectivity index (χ0n) is 13.7. The largest absolute Gasteiger partial charge is 0.388 e. The summed E-state index contributed by atoms with van der Waals surface area (Å²) in [5, 5.41) is 10.1. The van der Waals surface area contributed by atoms with Crippen LogP contribution in [0.1, 0.15) is 17.5 Å². The zero-order valence-corrected chi connectivity index (χ0v) is 13.7. The lowest BCUT2D eigenvalue weighted by Gasteiger charge is -2.33. The van der Waals surface area contributed by atoms with Crippen molar-refractivity contribution < 1.29 is 19.3 Å². The van der Waals surface area contributed by atoms with Gasteiger partial charge in [0.2, 0.25) is 0 Å². The molecule has 4 heteroatoms. The van der Waals surface area contributed by atoms with Gasteiger partial charge in [-0.1, -0.05) is 60.7 Å². The molecule has 1 fully saturated rings. The Morgan fingerprint density at radius 2 is 1.54 bits per heavy atom. The van der Waals surface area contributed by atoms with Gasteiger partial charge in [0.15, 0.2) is 0 Å². The van der Waals surface area contributed by atoms with Crippen LogP contribution in [0, 0.1) is 0 Å². The Labute approximate surface area is 143 Å². The van der Waals surface area contributed by atoms with Crippen LogP contribution in [0.4, 0.5) is 0 Å². The normalized spacial score (nSPS) is 24.0. The molecule has 4 nitrogen and oxygen atoms in total. The summed E-state index contributed by atoms with van der Waals surface area (Å²) < 4.78 is 17.3. The van der Waals surface area contributed by atoms with Gasteiger partial charge in [0.1, 0.15) is 6.10 Å². The van der Waals surface area contributed by atoms with Gasteiger partial charge in [-0.25, -0.2) is 0 Å². The third-order valence-electron chi connectivity index (χ3n) is 4.15. The van der Waals surface area contributed by atoms with Crippen LogP contribution in [0.3, 0.4) is 0 Å². The highest BCUT2D eigenvalue weighted by Crippen LogP contribution is 2.20. The van der Waals surface area contributed by atoms with E-state index in [0.717, 1.165) is 11.1 Å². The summed E-state index contributed by atoms with van der Waals surface area (Å²) in [7, 11) is 0. The minimum atomic E-state index is -0.584. The lowest BCUT2D eigenvalue weighted by molar-refractivity contribution is -0.160. The summed E-state index contributed by atoms with van der Waals surface area (Å²) in [6, 6.07) is 20.1. The van der Waals surface area contributed by atoms with Crippen molar-refractivity contribution in [3.63, 3.8) is 0 Å². The Kier molecular flexibility index (Phi) is 6.38. The first kappa shape index (κ1) is 17.1. The average Bonchev–Trinajstić information content (AvgIpc) is 2.64.